The fraction of sp³-hybridized carbons (Fsp3) is 0.321. The minimum absolute atomic E-state index is 0.241. The monoisotopic (exact) mass is 856 g/mol. The highest BCUT2D eigenvalue weighted by molar-refractivity contribution is 7.43. The molecule has 320 valence electrons. The first-order chi connectivity index (χ1) is 29.1. The van der Waals surface area contributed by atoms with Gasteiger partial charge in [0, 0.05) is 6.42 Å². The number of aryl methyl sites for hydroxylation is 4. The molecule has 0 aliphatic rings. The first kappa shape index (κ1) is 45.5. The Morgan fingerprint density at radius 2 is 0.574 bits per heavy atom. The molecule has 6 aromatic carbocycles. The zero-order valence-corrected chi connectivity index (χ0v) is 39.7. The van der Waals surface area contributed by atoms with Crippen molar-refractivity contribution in [3.8, 4) is 34.5 Å². The summed E-state index contributed by atoms with van der Waals surface area (Å²) in [6.07, 6.45) is 0.505. The van der Waals surface area contributed by atoms with Crippen LogP contribution in [0.2, 0.25) is 0 Å². The van der Waals surface area contributed by atoms with E-state index in [-0.39, 0.29) is 23.7 Å². The van der Waals surface area contributed by atoms with Crippen LogP contribution in [0.3, 0.4) is 0 Å². The van der Waals surface area contributed by atoms with Crippen LogP contribution in [0.25, 0.3) is 0 Å². The lowest BCUT2D eigenvalue weighted by molar-refractivity contribution is 0.381. The second-order valence-corrected chi connectivity index (χ2v) is 19.2. The van der Waals surface area contributed by atoms with Crippen molar-refractivity contribution in [3.63, 3.8) is 0 Å². The zero-order valence-electron chi connectivity index (χ0n) is 37.9. The highest BCUT2D eigenvalue weighted by atomic mass is 31.2. The van der Waals surface area contributed by atoms with Crippen molar-refractivity contribution in [2.75, 3.05) is 0 Å². The van der Waals surface area contributed by atoms with Crippen LogP contribution in [0.5, 0.6) is 34.5 Å². The van der Waals surface area contributed by atoms with Crippen molar-refractivity contribution in [2.45, 2.75) is 113 Å². The maximum Gasteiger partial charge on any atom is 0.530 e. The van der Waals surface area contributed by atoms with E-state index >= 15 is 0 Å². The lowest BCUT2D eigenvalue weighted by atomic mass is 10.0. The van der Waals surface area contributed by atoms with Gasteiger partial charge in [-0.2, -0.15) is 0 Å². The lowest BCUT2D eigenvalue weighted by Gasteiger charge is -2.24. The lowest BCUT2D eigenvalue weighted by Crippen LogP contribution is -2.08. The van der Waals surface area contributed by atoms with Gasteiger partial charge in [0.25, 0.3) is 0 Å². The molecule has 0 aliphatic carbocycles. The van der Waals surface area contributed by atoms with Crippen molar-refractivity contribution in [3.05, 3.63) is 177 Å². The van der Waals surface area contributed by atoms with Gasteiger partial charge in [-0.05, 0) is 143 Å². The predicted molar refractivity (Wildman–Crippen MR) is 254 cm³/mol. The van der Waals surface area contributed by atoms with Crippen LogP contribution in [0.15, 0.2) is 121 Å². The normalized spacial score (nSPS) is 11.6. The molecule has 61 heavy (non-hydrogen) atoms. The van der Waals surface area contributed by atoms with Gasteiger partial charge in [0.1, 0.15) is 34.5 Å². The zero-order chi connectivity index (χ0) is 43.8. The van der Waals surface area contributed by atoms with Gasteiger partial charge in [0.2, 0.25) is 0 Å². The topological polar surface area (TPSA) is 55.4 Å². The minimum Gasteiger partial charge on any atom is -0.408 e. The van der Waals surface area contributed by atoms with Crippen molar-refractivity contribution >= 4 is 17.2 Å². The molecule has 0 heterocycles. The summed E-state index contributed by atoms with van der Waals surface area (Å²) in [7, 11) is -3.91. The van der Waals surface area contributed by atoms with E-state index in [2.05, 4.69) is 168 Å². The molecule has 0 amide bonds. The van der Waals surface area contributed by atoms with Gasteiger partial charge in [-0.15, -0.1) is 0 Å². The first-order valence-corrected chi connectivity index (χ1v) is 23.6. The van der Waals surface area contributed by atoms with Crippen LogP contribution >= 0.6 is 17.2 Å². The van der Waals surface area contributed by atoms with Gasteiger partial charge in [-0.3, -0.25) is 0 Å². The van der Waals surface area contributed by atoms with Crippen LogP contribution in [0.4, 0.5) is 0 Å². The van der Waals surface area contributed by atoms with Crippen LogP contribution in [0, 0.1) is 27.7 Å². The van der Waals surface area contributed by atoms with Crippen molar-refractivity contribution in [1.29, 1.82) is 0 Å². The SMILES string of the molecule is Cc1ccc(C(C)C)c(OP(Oc2ccccc2Cc2ccccc2OP(Oc2cc(C)ccc2C(C)C)Oc2cc(C)ccc2C(C)C)Oc2cc(C)ccc2C(C)C)c1. The van der Waals surface area contributed by atoms with E-state index in [1.54, 1.807) is 0 Å². The molecule has 0 bridgehead atoms. The van der Waals surface area contributed by atoms with E-state index < -0.39 is 17.2 Å². The summed E-state index contributed by atoms with van der Waals surface area (Å²) in [5.74, 6) is 5.32. The smallest absolute Gasteiger partial charge is 0.408 e. The quantitative estimate of drug-likeness (QED) is 0.0803. The Balaban J connectivity index is 1.36. The third kappa shape index (κ3) is 12.1. The summed E-state index contributed by atoms with van der Waals surface area (Å²) in [6, 6.07) is 41.4. The number of rotatable bonds is 18. The fourth-order valence-corrected chi connectivity index (χ4v) is 9.24. The molecule has 0 saturated heterocycles. The summed E-state index contributed by atoms with van der Waals surface area (Å²) in [6.45, 7) is 25.7. The fourth-order valence-electron chi connectivity index (χ4n) is 7.07. The van der Waals surface area contributed by atoms with E-state index in [0.29, 0.717) is 17.9 Å². The van der Waals surface area contributed by atoms with Gasteiger partial charge >= 0.3 is 17.2 Å². The Kier molecular flexibility index (Phi) is 15.4. The molecule has 0 atom stereocenters. The summed E-state index contributed by atoms with van der Waals surface area (Å²) >= 11 is 0. The Bertz CT molecular complexity index is 2120. The third-order valence-electron chi connectivity index (χ3n) is 10.5. The highest BCUT2D eigenvalue weighted by Gasteiger charge is 2.28. The number of hydrogen-bond acceptors (Lipinski definition) is 6. The van der Waals surface area contributed by atoms with Crippen molar-refractivity contribution in [2.24, 2.45) is 0 Å². The molecule has 8 heteroatoms. The third-order valence-corrected chi connectivity index (χ3v) is 12.6. The molecule has 6 nitrogen and oxygen atoms in total. The molecule has 0 radical (unpaired) electrons. The van der Waals surface area contributed by atoms with Crippen LogP contribution in [0.1, 0.15) is 135 Å². The van der Waals surface area contributed by atoms with E-state index in [0.717, 1.165) is 78.6 Å². The second kappa shape index (κ2) is 20.7. The van der Waals surface area contributed by atoms with Crippen molar-refractivity contribution in [1.82, 2.24) is 0 Å². The number of hydrogen-bond donors (Lipinski definition) is 0. The summed E-state index contributed by atoms with van der Waals surface area (Å²) < 4.78 is 41.0. The summed E-state index contributed by atoms with van der Waals surface area (Å²) in [4.78, 5) is 0. The van der Waals surface area contributed by atoms with E-state index in [9.17, 15) is 0 Å². The Morgan fingerprint density at radius 1 is 0.328 bits per heavy atom. The van der Waals surface area contributed by atoms with Gasteiger partial charge in [-0.25, -0.2) is 0 Å². The Labute approximate surface area is 367 Å². The second-order valence-electron chi connectivity index (χ2n) is 17.2. The van der Waals surface area contributed by atoms with Crippen molar-refractivity contribution < 1.29 is 27.1 Å². The first-order valence-electron chi connectivity index (χ1n) is 21.4. The summed E-state index contributed by atoms with van der Waals surface area (Å²) in [5, 5.41) is 0. The molecule has 0 fully saturated rings. The maximum absolute atomic E-state index is 6.88. The molecular formula is C53H62O6P2. The van der Waals surface area contributed by atoms with E-state index in [1.807, 2.05) is 36.4 Å². The molecule has 0 aliphatic heterocycles. The molecule has 6 rings (SSSR count). The number of benzene rings is 6. The highest BCUT2D eigenvalue weighted by Crippen LogP contribution is 2.49. The molecule has 0 spiro atoms. The van der Waals surface area contributed by atoms with Gasteiger partial charge < -0.3 is 27.1 Å². The Hall–Kier alpha value is -5.02. The molecular weight excluding hydrogens is 795 g/mol. The molecule has 6 aromatic rings. The van der Waals surface area contributed by atoms with Gasteiger partial charge in [0.05, 0.1) is 0 Å². The van der Waals surface area contributed by atoms with Crippen LogP contribution in [-0.4, -0.2) is 0 Å². The van der Waals surface area contributed by atoms with Crippen LogP contribution in [-0.2, 0) is 6.42 Å². The molecule has 0 saturated carbocycles. The van der Waals surface area contributed by atoms with Crippen LogP contribution < -0.4 is 27.1 Å². The number of para-hydroxylation sites is 2. The largest absolute Gasteiger partial charge is 0.530 e. The van der Waals surface area contributed by atoms with E-state index in [4.69, 9.17) is 27.1 Å². The standard InChI is InChI=1S/C53H62O6P2/c1-34(2)44-25-21-38(9)29-50(44)56-60(57-51-30-39(10)22-26-45(51)35(3)4)54-48-19-15-13-17-42(48)33-43-18-14-16-20-49(43)55-61(58-52-31-40(11)23-27-46(52)36(5)6)59-53-32-41(12)24-28-47(53)37(7)8/h13-32,34-37H,33H2,1-12H3. The predicted octanol–water partition coefficient (Wildman–Crippen LogP) is 16.5. The average Bonchev–Trinajstić information content (AvgIpc) is 3.19. The maximum atomic E-state index is 6.88. The van der Waals surface area contributed by atoms with E-state index in [1.165, 1.54) is 0 Å². The molecule has 0 unspecified atom stereocenters. The Morgan fingerprint density at radius 3 is 0.836 bits per heavy atom. The van der Waals surface area contributed by atoms with Gasteiger partial charge in [-0.1, -0.05) is 140 Å². The molecule has 0 aromatic heterocycles. The van der Waals surface area contributed by atoms with Gasteiger partial charge in [0.15, 0.2) is 0 Å². The molecule has 0 N–H and O–H groups in total. The summed E-state index contributed by atoms with van der Waals surface area (Å²) in [5.41, 5.74) is 10.7. The minimum atomic E-state index is -1.96. The average molecular weight is 857 g/mol.